The Bertz CT molecular complexity index is 414. The predicted octanol–water partition coefficient (Wildman–Crippen LogP) is 4.73. The van der Waals surface area contributed by atoms with Crippen LogP contribution in [0.3, 0.4) is 0 Å². The molecule has 0 amide bonds. The van der Waals surface area contributed by atoms with E-state index in [0.717, 1.165) is 18.8 Å². The van der Waals surface area contributed by atoms with Crippen LogP contribution in [0.2, 0.25) is 0 Å². The van der Waals surface area contributed by atoms with Crippen molar-refractivity contribution in [3.05, 3.63) is 42.0 Å². The zero-order valence-corrected chi connectivity index (χ0v) is 13.5. The van der Waals surface area contributed by atoms with Gasteiger partial charge in [0.15, 0.2) is 0 Å². The van der Waals surface area contributed by atoms with Gasteiger partial charge in [-0.25, -0.2) is 0 Å². The summed E-state index contributed by atoms with van der Waals surface area (Å²) in [6, 6.07) is 8.25. The van der Waals surface area contributed by atoms with Gasteiger partial charge in [-0.3, -0.25) is 0 Å². The molecule has 0 fully saturated rings. The summed E-state index contributed by atoms with van der Waals surface area (Å²) in [6.45, 7) is 12.1. The summed E-state index contributed by atoms with van der Waals surface area (Å²) in [5.74, 6) is 0.975. The van der Waals surface area contributed by atoms with Crippen molar-refractivity contribution in [3.63, 3.8) is 0 Å². The van der Waals surface area contributed by atoms with Gasteiger partial charge in [-0.2, -0.15) is 0 Å². The molecule has 0 aliphatic carbocycles. The summed E-state index contributed by atoms with van der Waals surface area (Å²) in [5.41, 5.74) is 1.35. The van der Waals surface area contributed by atoms with Crippen LogP contribution in [0, 0.1) is 0 Å². The highest BCUT2D eigenvalue weighted by molar-refractivity contribution is 5.38. The third-order valence-corrected chi connectivity index (χ3v) is 2.93. The lowest BCUT2D eigenvalue weighted by Crippen LogP contribution is -2.13. The molecule has 0 radical (unpaired) electrons. The Hall–Kier alpha value is -1.28. The van der Waals surface area contributed by atoms with Gasteiger partial charge in [-0.15, -0.1) is 0 Å². The monoisotopic (exact) mass is 276 g/mol. The van der Waals surface area contributed by atoms with E-state index >= 15 is 0 Å². The van der Waals surface area contributed by atoms with Gasteiger partial charge in [0, 0.05) is 0 Å². The van der Waals surface area contributed by atoms with Gasteiger partial charge in [0.1, 0.15) is 12.4 Å². The van der Waals surface area contributed by atoms with Gasteiger partial charge in [0.05, 0.1) is 12.7 Å². The van der Waals surface area contributed by atoms with Crippen LogP contribution in [0.5, 0.6) is 5.75 Å². The minimum Gasteiger partial charge on any atom is -0.489 e. The quantitative estimate of drug-likeness (QED) is 0.529. The molecule has 20 heavy (non-hydrogen) atoms. The topological polar surface area (TPSA) is 18.5 Å². The average molecular weight is 276 g/mol. The van der Waals surface area contributed by atoms with Gasteiger partial charge in [0.25, 0.3) is 0 Å². The second kappa shape index (κ2) is 8.11. The SMILES string of the molecule is CC(C)OCC/C=C/COc1ccccc1C(C)(C)C. The molecular weight excluding hydrogens is 248 g/mol. The van der Waals surface area contributed by atoms with Crippen LogP contribution < -0.4 is 4.74 Å². The van der Waals surface area contributed by atoms with Gasteiger partial charge in [-0.05, 0) is 37.3 Å². The normalized spacial score (nSPS) is 12.3. The molecule has 2 heteroatoms. The van der Waals surface area contributed by atoms with Crippen molar-refractivity contribution in [1.82, 2.24) is 0 Å². The molecular formula is C18H28O2. The van der Waals surface area contributed by atoms with E-state index in [4.69, 9.17) is 9.47 Å². The number of hydrogen-bond acceptors (Lipinski definition) is 2. The number of benzene rings is 1. The average Bonchev–Trinajstić information content (AvgIpc) is 2.36. The van der Waals surface area contributed by atoms with E-state index in [0.29, 0.717) is 12.7 Å². The first-order chi connectivity index (χ1) is 9.41. The summed E-state index contributed by atoms with van der Waals surface area (Å²) >= 11 is 0. The first-order valence-corrected chi connectivity index (χ1v) is 7.40. The van der Waals surface area contributed by atoms with Crippen LogP contribution in [-0.2, 0) is 10.2 Å². The molecule has 0 unspecified atom stereocenters. The summed E-state index contributed by atoms with van der Waals surface area (Å²) in [7, 11) is 0. The van der Waals surface area contributed by atoms with Crippen molar-refractivity contribution < 1.29 is 9.47 Å². The van der Waals surface area contributed by atoms with Crippen molar-refractivity contribution in [2.75, 3.05) is 13.2 Å². The van der Waals surface area contributed by atoms with E-state index in [1.807, 2.05) is 12.1 Å². The number of hydrogen-bond donors (Lipinski definition) is 0. The van der Waals surface area contributed by atoms with E-state index < -0.39 is 0 Å². The molecule has 0 aromatic heterocycles. The van der Waals surface area contributed by atoms with Crippen LogP contribution in [0.15, 0.2) is 36.4 Å². The lowest BCUT2D eigenvalue weighted by Gasteiger charge is -2.22. The van der Waals surface area contributed by atoms with Crippen LogP contribution >= 0.6 is 0 Å². The molecule has 0 heterocycles. The predicted molar refractivity (Wildman–Crippen MR) is 85.5 cm³/mol. The van der Waals surface area contributed by atoms with Crippen LogP contribution in [0.1, 0.15) is 46.6 Å². The van der Waals surface area contributed by atoms with Crippen LogP contribution in [0.4, 0.5) is 0 Å². The first kappa shape index (κ1) is 16.8. The van der Waals surface area contributed by atoms with E-state index in [1.165, 1.54) is 5.56 Å². The highest BCUT2D eigenvalue weighted by Crippen LogP contribution is 2.30. The Morgan fingerprint density at radius 3 is 2.45 bits per heavy atom. The Morgan fingerprint density at radius 2 is 1.80 bits per heavy atom. The Labute approximate surface area is 123 Å². The lowest BCUT2D eigenvalue weighted by atomic mass is 9.86. The Kier molecular flexibility index (Phi) is 6.80. The van der Waals surface area contributed by atoms with Crippen molar-refractivity contribution in [1.29, 1.82) is 0 Å². The maximum atomic E-state index is 5.86. The zero-order chi connectivity index (χ0) is 15.0. The molecule has 0 atom stereocenters. The Balaban J connectivity index is 2.41. The fourth-order valence-corrected chi connectivity index (χ4v) is 1.91. The highest BCUT2D eigenvalue weighted by Gasteiger charge is 2.17. The maximum absolute atomic E-state index is 5.86. The molecule has 0 N–H and O–H groups in total. The standard InChI is InChI=1S/C18H28O2/c1-15(2)19-13-9-6-10-14-20-17-12-8-7-11-16(17)18(3,4)5/h6-8,10-12,15H,9,13-14H2,1-5H3/b10-6+. The molecule has 1 rings (SSSR count). The lowest BCUT2D eigenvalue weighted by molar-refractivity contribution is 0.0825. The first-order valence-electron chi connectivity index (χ1n) is 7.40. The highest BCUT2D eigenvalue weighted by atomic mass is 16.5. The molecule has 112 valence electrons. The van der Waals surface area contributed by atoms with Gasteiger partial charge in [-0.1, -0.05) is 51.1 Å². The largest absolute Gasteiger partial charge is 0.489 e. The third-order valence-electron chi connectivity index (χ3n) is 2.93. The number of ether oxygens (including phenoxy) is 2. The molecule has 0 aliphatic heterocycles. The molecule has 0 aliphatic rings. The van der Waals surface area contributed by atoms with E-state index in [2.05, 4.69) is 58.9 Å². The molecule has 0 saturated heterocycles. The fraction of sp³-hybridized carbons (Fsp3) is 0.556. The van der Waals surface area contributed by atoms with Gasteiger partial charge < -0.3 is 9.47 Å². The zero-order valence-electron chi connectivity index (χ0n) is 13.5. The van der Waals surface area contributed by atoms with Crippen molar-refractivity contribution in [2.24, 2.45) is 0 Å². The molecule has 1 aromatic rings. The molecule has 2 nitrogen and oxygen atoms in total. The number of rotatable bonds is 7. The smallest absolute Gasteiger partial charge is 0.123 e. The van der Waals surface area contributed by atoms with Crippen molar-refractivity contribution >= 4 is 0 Å². The fourth-order valence-electron chi connectivity index (χ4n) is 1.91. The Morgan fingerprint density at radius 1 is 1.10 bits per heavy atom. The van der Waals surface area contributed by atoms with E-state index in [1.54, 1.807) is 0 Å². The van der Waals surface area contributed by atoms with Crippen molar-refractivity contribution in [3.8, 4) is 5.75 Å². The minimum absolute atomic E-state index is 0.103. The van der Waals surface area contributed by atoms with Crippen LogP contribution in [0.25, 0.3) is 0 Å². The molecule has 1 aromatic carbocycles. The summed E-state index contributed by atoms with van der Waals surface area (Å²) in [5, 5.41) is 0. The second-order valence-electron chi connectivity index (χ2n) is 6.24. The second-order valence-corrected chi connectivity index (χ2v) is 6.24. The molecule has 0 saturated carbocycles. The maximum Gasteiger partial charge on any atom is 0.123 e. The summed E-state index contributed by atoms with van der Waals surface area (Å²) in [4.78, 5) is 0. The van der Waals surface area contributed by atoms with Gasteiger partial charge >= 0.3 is 0 Å². The third kappa shape index (κ3) is 6.25. The number of para-hydroxylation sites is 1. The van der Waals surface area contributed by atoms with E-state index in [-0.39, 0.29) is 5.41 Å². The molecule has 0 spiro atoms. The molecule has 0 bridgehead atoms. The summed E-state index contributed by atoms with van der Waals surface area (Å²) < 4.78 is 11.3. The van der Waals surface area contributed by atoms with Crippen molar-refractivity contribution in [2.45, 2.75) is 52.6 Å². The summed E-state index contributed by atoms with van der Waals surface area (Å²) in [6.07, 6.45) is 5.41. The van der Waals surface area contributed by atoms with E-state index in [9.17, 15) is 0 Å². The van der Waals surface area contributed by atoms with Crippen LogP contribution in [-0.4, -0.2) is 19.3 Å². The minimum atomic E-state index is 0.103. The van der Waals surface area contributed by atoms with Gasteiger partial charge in [0.2, 0.25) is 0 Å².